The Balaban J connectivity index is 1.54. The molecule has 1 N–H and O–H groups in total. The van der Waals surface area contributed by atoms with E-state index in [0.29, 0.717) is 23.5 Å². The van der Waals surface area contributed by atoms with Crippen LogP contribution in [0.4, 0.5) is 6.01 Å². The molecular formula is C18H15ClN6O. The van der Waals surface area contributed by atoms with Crippen LogP contribution in [0.3, 0.4) is 0 Å². The molecule has 0 radical (unpaired) electrons. The standard InChI is InChI=1S/C18H15ClN6O/c1-25-11-13(16(24-25)14-4-2-3-5-15(14)19)10-21-18-23-22-17(26-18)12-6-8-20-9-7-12/h2-9,11H,10H2,1H3,(H,21,23). The van der Waals surface area contributed by atoms with Gasteiger partial charge in [-0.2, -0.15) is 5.10 Å². The normalized spacial score (nSPS) is 10.8. The second-order valence-corrected chi connectivity index (χ2v) is 6.07. The van der Waals surface area contributed by atoms with Gasteiger partial charge in [0, 0.05) is 48.9 Å². The molecule has 0 saturated heterocycles. The van der Waals surface area contributed by atoms with E-state index in [9.17, 15) is 0 Å². The summed E-state index contributed by atoms with van der Waals surface area (Å²) in [6, 6.07) is 11.6. The molecule has 0 aliphatic carbocycles. The Kier molecular flexibility index (Phi) is 4.37. The molecule has 0 aliphatic rings. The number of hydrogen-bond donors (Lipinski definition) is 1. The van der Waals surface area contributed by atoms with E-state index in [-0.39, 0.29) is 0 Å². The fourth-order valence-corrected chi connectivity index (χ4v) is 2.85. The predicted octanol–water partition coefficient (Wildman–Crippen LogP) is 3.80. The number of anilines is 1. The van der Waals surface area contributed by atoms with E-state index in [2.05, 4.69) is 25.6 Å². The van der Waals surface area contributed by atoms with Crippen LogP contribution in [0.2, 0.25) is 5.02 Å². The third kappa shape index (κ3) is 3.29. The number of hydrogen-bond acceptors (Lipinski definition) is 6. The number of rotatable bonds is 5. The lowest BCUT2D eigenvalue weighted by Gasteiger charge is -2.04. The molecular weight excluding hydrogens is 352 g/mol. The lowest BCUT2D eigenvalue weighted by atomic mass is 10.1. The lowest BCUT2D eigenvalue weighted by molar-refractivity contribution is 0.581. The zero-order valence-electron chi connectivity index (χ0n) is 13.9. The molecule has 0 aliphatic heterocycles. The number of aryl methyl sites for hydroxylation is 1. The van der Waals surface area contributed by atoms with Crippen LogP contribution >= 0.6 is 11.6 Å². The van der Waals surface area contributed by atoms with E-state index in [1.165, 1.54) is 0 Å². The SMILES string of the molecule is Cn1cc(CNc2nnc(-c3ccncc3)o2)c(-c2ccccc2Cl)n1. The summed E-state index contributed by atoms with van der Waals surface area (Å²) < 4.78 is 7.41. The highest BCUT2D eigenvalue weighted by atomic mass is 35.5. The highest BCUT2D eigenvalue weighted by Crippen LogP contribution is 2.29. The molecule has 0 unspecified atom stereocenters. The largest absolute Gasteiger partial charge is 0.403 e. The van der Waals surface area contributed by atoms with Gasteiger partial charge in [-0.15, -0.1) is 5.10 Å². The van der Waals surface area contributed by atoms with Crippen molar-refractivity contribution in [1.82, 2.24) is 25.0 Å². The quantitative estimate of drug-likeness (QED) is 0.578. The molecule has 0 bridgehead atoms. The van der Waals surface area contributed by atoms with Crippen LogP contribution < -0.4 is 5.32 Å². The van der Waals surface area contributed by atoms with Gasteiger partial charge in [-0.05, 0) is 18.2 Å². The van der Waals surface area contributed by atoms with Crippen molar-refractivity contribution in [2.45, 2.75) is 6.54 Å². The van der Waals surface area contributed by atoms with Crippen molar-refractivity contribution in [2.75, 3.05) is 5.32 Å². The van der Waals surface area contributed by atoms with Gasteiger partial charge in [-0.1, -0.05) is 34.9 Å². The molecule has 3 heterocycles. The Bertz CT molecular complexity index is 1030. The first-order chi connectivity index (χ1) is 12.7. The summed E-state index contributed by atoms with van der Waals surface area (Å²) in [5.41, 5.74) is 3.50. The highest BCUT2D eigenvalue weighted by Gasteiger charge is 2.14. The minimum absolute atomic E-state index is 0.339. The van der Waals surface area contributed by atoms with Gasteiger partial charge < -0.3 is 9.73 Å². The summed E-state index contributed by atoms with van der Waals surface area (Å²) in [4.78, 5) is 3.98. The molecule has 1 aromatic carbocycles. The molecule has 0 spiro atoms. The van der Waals surface area contributed by atoms with Crippen LogP contribution in [-0.4, -0.2) is 25.0 Å². The summed E-state index contributed by atoms with van der Waals surface area (Å²) in [6.45, 7) is 0.479. The van der Waals surface area contributed by atoms with Crippen molar-refractivity contribution in [2.24, 2.45) is 7.05 Å². The summed E-state index contributed by atoms with van der Waals surface area (Å²) in [5, 5.41) is 16.4. The van der Waals surface area contributed by atoms with E-state index in [1.807, 2.05) is 49.6 Å². The van der Waals surface area contributed by atoms with Gasteiger partial charge in [0.05, 0.1) is 10.7 Å². The molecule has 130 valence electrons. The van der Waals surface area contributed by atoms with Gasteiger partial charge in [0.1, 0.15) is 0 Å². The number of pyridine rings is 1. The fraction of sp³-hybridized carbons (Fsp3) is 0.111. The van der Waals surface area contributed by atoms with Crippen LogP contribution in [0, 0.1) is 0 Å². The lowest BCUT2D eigenvalue weighted by Crippen LogP contribution is -2.00. The molecule has 0 fully saturated rings. The maximum absolute atomic E-state index is 6.31. The second-order valence-electron chi connectivity index (χ2n) is 5.66. The average molecular weight is 367 g/mol. The molecule has 7 nitrogen and oxygen atoms in total. The van der Waals surface area contributed by atoms with Crippen LogP contribution in [0.15, 0.2) is 59.4 Å². The zero-order valence-corrected chi connectivity index (χ0v) is 14.7. The molecule has 3 aromatic heterocycles. The molecule has 0 amide bonds. The minimum atomic E-state index is 0.339. The fourth-order valence-electron chi connectivity index (χ4n) is 2.62. The first-order valence-electron chi connectivity index (χ1n) is 7.96. The molecule has 0 atom stereocenters. The molecule has 4 aromatic rings. The first-order valence-corrected chi connectivity index (χ1v) is 8.33. The summed E-state index contributed by atoms with van der Waals surface area (Å²) in [6.07, 6.45) is 5.29. The summed E-state index contributed by atoms with van der Waals surface area (Å²) in [5.74, 6) is 0.437. The van der Waals surface area contributed by atoms with E-state index < -0.39 is 0 Å². The topological polar surface area (TPSA) is 81.7 Å². The number of halogens is 1. The summed E-state index contributed by atoms with van der Waals surface area (Å²) >= 11 is 6.31. The average Bonchev–Trinajstić information content (AvgIpc) is 3.28. The van der Waals surface area contributed by atoms with Crippen molar-refractivity contribution in [3.8, 4) is 22.7 Å². The maximum atomic E-state index is 6.31. The van der Waals surface area contributed by atoms with Crippen molar-refractivity contribution in [3.05, 3.63) is 65.6 Å². The third-order valence-electron chi connectivity index (χ3n) is 3.82. The van der Waals surface area contributed by atoms with Gasteiger partial charge in [0.2, 0.25) is 5.89 Å². The van der Waals surface area contributed by atoms with Crippen molar-refractivity contribution >= 4 is 17.6 Å². The predicted molar refractivity (Wildman–Crippen MR) is 98.5 cm³/mol. The molecule has 0 saturated carbocycles. The number of aromatic nitrogens is 5. The molecule has 4 rings (SSSR count). The number of nitrogens with one attached hydrogen (secondary N) is 1. The van der Waals surface area contributed by atoms with Crippen LogP contribution in [-0.2, 0) is 13.6 Å². The van der Waals surface area contributed by atoms with E-state index in [4.69, 9.17) is 16.0 Å². The Hall–Kier alpha value is -3.19. The van der Waals surface area contributed by atoms with Crippen molar-refractivity contribution in [3.63, 3.8) is 0 Å². The Morgan fingerprint density at radius 2 is 1.92 bits per heavy atom. The Morgan fingerprint density at radius 1 is 1.12 bits per heavy atom. The first kappa shape index (κ1) is 16.3. The smallest absolute Gasteiger partial charge is 0.316 e. The van der Waals surface area contributed by atoms with Gasteiger partial charge in [-0.25, -0.2) is 0 Å². The highest BCUT2D eigenvalue weighted by molar-refractivity contribution is 6.33. The third-order valence-corrected chi connectivity index (χ3v) is 4.15. The van der Waals surface area contributed by atoms with Gasteiger partial charge >= 0.3 is 6.01 Å². The summed E-state index contributed by atoms with van der Waals surface area (Å²) in [7, 11) is 1.87. The molecule has 8 heteroatoms. The van der Waals surface area contributed by atoms with Crippen LogP contribution in [0.25, 0.3) is 22.7 Å². The second kappa shape index (κ2) is 6.97. The van der Waals surface area contributed by atoms with E-state index >= 15 is 0 Å². The Morgan fingerprint density at radius 3 is 2.73 bits per heavy atom. The van der Waals surface area contributed by atoms with E-state index in [0.717, 1.165) is 22.4 Å². The maximum Gasteiger partial charge on any atom is 0.316 e. The minimum Gasteiger partial charge on any atom is -0.403 e. The number of benzene rings is 1. The number of nitrogens with zero attached hydrogens (tertiary/aromatic N) is 5. The van der Waals surface area contributed by atoms with Crippen LogP contribution in [0.5, 0.6) is 0 Å². The van der Waals surface area contributed by atoms with Crippen molar-refractivity contribution < 1.29 is 4.42 Å². The monoisotopic (exact) mass is 366 g/mol. The van der Waals surface area contributed by atoms with Gasteiger partial charge in [0.25, 0.3) is 0 Å². The van der Waals surface area contributed by atoms with Crippen molar-refractivity contribution in [1.29, 1.82) is 0 Å². The zero-order chi connectivity index (χ0) is 17.9. The van der Waals surface area contributed by atoms with Crippen LogP contribution in [0.1, 0.15) is 5.56 Å². The van der Waals surface area contributed by atoms with Gasteiger partial charge in [0.15, 0.2) is 0 Å². The van der Waals surface area contributed by atoms with E-state index in [1.54, 1.807) is 17.1 Å². The Labute approximate surface area is 154 Å². The van der Waals surface area contributed by atoms with Gasteiger partial charge in [-0.3, -0.25) is 9.67 Å². The molecule has 26 heavy (non-hydrogen) atoms.